The minimum absolute atomic E-state index is 0.123. The number of para-hydroxylation sites is 1. The molecule has 3 aromatic rings. The summed E-state index contributed by atoms with van der Waals surface area (Å²) >= 11 is 0. The summed E-state index contributed by atoms with van der Waals surface area (Å²) in [4.78, 5) is 55.9. The molecule has 9 nitrogen and oxygen atoms in total. The second-order valence-corrected chi connectivity index (χ2v) is 10.2. The van der Waals surface area contributed by atoms with Gasteiger partial charge in [-0.3, -0.25) is 24.5 Å². The number of hydrogen-bond donors (Lipinski definition) is 0. The van der Waals surface area contributed by atoms with Gasteiger partial charge in [-0.1, -0.05) is 55.8 Å². The molecule has 202 valence electrons. The number of anilines is 2. The highest BCUT2D eigenvalue weighted by Crippen LogP contribution is 2.50. The van der Waals surface area contributed by atoms with Crippen LogP contribution < -0.4 is 14.5 Å². The first-order chi connectivity index (χ1) is 19.4. The topological polar surface area (TPSA) is 110 Å². The fourth-order valence-corrected chi connectivity index (χ4v) is 6.04. The third-order valence-electron chi connectivity index (χ3n) is 7.89. The fraction of sp³-hybridized carbons (Fsp3) is 0.258. The Balaban J connectivity index is 1.40. The number of Topliss-reactive ketones (excluding diaryl/α,β-unsaturated/α-hetero) is 1. The van der Waals surface area contributed by atoms with Gasteiger partial charge in [0.05, 0.1) is 35.1 Å². The largest absolute Gasteiger partial charge is 0.494 e. The molecule has 0 aliphatic carbocycles. The molecule has 3 heterocycles. The monoisotopic (exact) mass is 537 g/mol. The molecule has 0 spiro atoms. The third kappa shape index (κ3) is 4.05. The van der Waals surface area contributed by atoms with Crippen LogP contribution in [0.25, 0.3) is 6.08 Å². The van der Waals surface area contributed by atoms with Gasteiger partial charge in [0.1, 0.15) is 11.8 Å². The third-order valence-corrected chi connectivity index (χ3v) is 7.89. The van der Waals surface area contributed by atoms with Crippen LogP contribution in [-0.4, -0.2) is 41.2 Å². The van der Waals surface area contributed by atoms with Crippen molar-refractivity contribution in [2.45, 2.75) is 31.8 Å². The zero-order chi connectivity index (χ0) is 28.0. The van der Waals surface area contributed by atoms with Crippen LogP contribution >= 0.6 is 0 Å². The van der Waals surface area contributed by atoms with Crippen LogP contribution in [0.5, 0.6) is 5.75 Å². The number of nitro groups is 1. The highest BCUT2D eigenvalue weighted by Gasteiger charge is 2.64. The zero-order valence-electron chi connectivity index (χ0n) is 21.8. The molecule has 0 unspecified atom stereocenters. The van der Waals surface area contributed by atoms with Crippen molar-refractivity contribution in [2.75, 3.05) is 16.4 Å². The standard InChI is InChI=1S/C31H27N3O6/c1-2-3-17-40-23-14-12-21(13-15-23)32-30(36)26-25-16-11-19-7-4-5-10-24(19)33(25)28(27(26)31(32)37)29(35)20-8-6-9-22(18-20)34(38)39/h4-16,18,25-28H,2-3,17H2,1H3/t25-,26-,27+,28-/m0/s1. The van der Waals surface area contributed by atoms with Gasteiger partial charge in [0.2, 0.25) is 11.8 Å². The number of carbonyl (C=O) groups is 3. The van der Waals surface area contributed by atoms with E-state index in [1.54, 1.807) is 24.3 Å². The van der Waals surface area contributed by atoms with E-state index in [1.165, 1.54) is 29.2 Å². The van der Waals surface area contributed by atoms with Gasteiger partial charge in [-0.25, -0.2) is 4.90 Å². The predicted octanol–water partition coefficient (Wildman–Crippen LogP) is 5.05. The molecule has 3 aliphatic heterocycles. The number of fused-ring (bicyclic) bond motifs is 5. The molecule has 0 N–H and O–H groups in total. The molecule has 0 aromatic heterocycles. The molecule has 0 saturated carbocycles. The van der Waals surface area contributed by atoms with E-state index in [-0.39, 0.29) is 17.2 Å². The first-order valence-corrected chi connectivity index (χ1v) is 13.4. The Hall–Kier alpha value is -4.79. The normalized spacial score (nSPS) is 22.6. The molecular weight excluding hydrogens is 510 g/mol. The van der Waals surface area contributed by atoms with Gasteiger partial charge in [-0.15, -0.1) is 0 Å². The smallest absolute Gasteiger partial charge is 0.270 e. The molecule has 2 amide bonds. The van der Waals surface area contributed by atoms with Crippen molar-refractivity contribution >= 4 is 40.7 Å². The van der Waals surface area contributed by atoms with E-state index in [0.29, 0.717) is 18.0 Å². The van der Waals surface area contributed by atoms with Crippen molar-refractivity contribution in [1.29, 1.82) is 0 Å². The van der Waals surface area contributed by atoms with Crippen LogP contribution in [0.4, 0.5) is 17.1 Å². The average Bonchev–Trinajstić information content (AvgIpc) is 3.45. The first-order valence-electron chi connectivity index (χ1n) is 13.4. The summed E-state index contributed by atoms with van der Waals surface area (Å²) in [5.74, 6) is -2.37. The molecule has 0 bridgehead atoms. The summed E-state index contributed by atoms with van der Waals surface area (Å²) in [6, 6.07) is 18.3. The van der Waals surface area contributed by atoms with E-state index >= 15 is 0 Å². The molecular formula is C31H27N3O6. The van der Waals surface area contributed by atoms with Crippen molar-refractivity contribution in [3.05, 3.63) is 100 Å². The lowest BCUT2D eigenvalue weighted by atomic mass is 9.86. The second-order valence-electron chi connectivity index (χ2n) is 10.2. The van der Waals surface area contributed by atoms with Gasteiger partial charge >= 0.3 is 0 Å². The van der Waals surface area contributed by atoms with Crippen LogP contribution in [0.3, 0.4) is 0 Å². The average molecular weight is 538 g/mol. The Kier molecular flexibility index (Phi) is 6.42. The van der Waals surface area contributed by atoms with Crippen LogP contribution in [0, 0.1) is 22.0 Å². The number of non-ortho nitro benzene ring substituents is 1. The SMILES string of the molecule is CCCCOc1ccc(N2C(=O)[C@@H]3[C@@H](C2=O)[C@@H]2C=Cc4ccccc4N2[C@@H]3C(=O)c2cccc([N+](=O)[O-])c2)cc1. The van der Waals surface area contributed by atoms with Gasteiger partial charge in [0.15, 0.2) is 5.78 Å². The summed E-state index contributed by atoms with van der Waals surface area (Å²) in [5, 5.41) is 11.4. The minimum Gasteiger partial charge on any atom is -0.494 e. The number of hydrogen-bond acceptors (Lipinski definition) is 7. The zero-order valence-corrected chi connectivity index (χ0v) is 21.8. The van der Waals surface area contributed by atoms with E-state index in [1.807, 2.05) is 41.3 Å². The van der Waals surface area contributed by atoms with Crippen molar-refractivity contribution in [1.82, 2.24) is 0 Å². The van der Waals surface area contributed by atoms with Gasteiger partial charge in [-0.05, 0) is 42.3 Å². The summed E-state index contributed by atoms with van der Waals surface area (Å²) in [6.07, 6.45) is 5.71. The number of amides is 2. The summed E-state index contributed by atoms with van der Waals surface area (Å²) in [5.41, 5.74) is 1.94. The highest BCUT2D eigenvalue weighted by atomic mass is 16.6. The van der Waals surface area contributed by atoms with Crippen LogP contribution in [0.2, 0.25) is 0 Å². The predicted molar refractivity (Wildman–Crippen MR) is 149 cm³/mol. The number of imide groups is 1. The number of rotatable bonds is 8. The summed E-state index contributed by atoms with van der Waals surface area (Å²) < 4.78 is 5.72. The lowest BCUT2D eigenvalue weighted by Gasteiger charge is -2.36. The first kappa shape index (κ1) is 25.5. The van der Waals surface area contributed by atoms with Crippen LogP contribution in [0.15, 0.2) is 78.9 Å². The van der Waals surface area contributed by atoms with Crippen molar-refractivity contribution in [3.8, 4) is 5.75 Å². The Morgan fingerprint density at radius 1 is 0.975 bits per heavy atom. The maximum Gasteiger partial charge on any atom is 0.270 e. The molecule has 9 heteroatoms. The Morgan fingerprint density at radius 3 is 2.48 bits per heavy atom. The van der Waals surface area contributed by atoms with Crippen molar-refractivity contribution in [2.24, 2.45) is 11.8 Å². The van der Waals surface area contributed by atoms with E-state index in [4.69, 9.17) is 4.74 Å². The van der Waals surface area contributed by atoms with E-state index < -0.39 is 40.5 Å². The molecule has 3 aliphatic rings. The lowest BCUT2D eigenvalue weighted by molar-refractivity contribution is -0.384. The number of nitro benzene ring substituents is 1. The second kappa shape index (κ2) is 10.1. The molecule has 2 saturated heterocycles. The summed E-state index contributed by atoms with van der Waals surface area (Å²) in [6.45, 7) is 2.65. The van der Waals surface area contributed by atoms with E-state index in [9.17, 15) is 24.5 Å². The maximum atomic E-state index is 14.1. The number of ketones is 1. The van der Waals surface area contributed by atoms with Gasteiger partial charge in [0, 0.05) is 23.4 Å². The molecule has 40 heavy (non-hydrogen) atoms. The van der Waals surface area contributed by atoms with Crippen molar-refractivity contribution < 1.29 is 24.0 Å². The van der Waals surface area contributed by atoms with Gasteiger partial charge < -0.3 is 9.64 Å². The number of benzene rings is 3. The van der Waals surface area contributed by atoms with Crippen molar-refractivity contribution in [3.63, 3.8) is 0 Å². The molecule has 0 radical (unpaired) electrons. The number of ether oxygens (including phenoxy) is 1. The molecule has 6 rings (SSSR count). The molecule has 3 aromatic carbocycles. The molecule has 4 atom stereocenters. The van der Waals surface area contributed by atoms with Gasteiger partial charge in [0.25, 0.3) is 5.69 Å². The minimum atomic E-state index is -1.01. The highest BCUT2D eigenvalue weighted by molar-refractivity contribution is 6.25. The Bertz CT molecular complexity index is 1550. The Labute approximate surface area is 230 Å². The Morgan fingerprint density at radius 2 is 1.73 bits per heavy atom. The van der Waals surface area contributed by atoms with E-state index in [2.05, 4.69) is 6.92 Å². The summed E-state index contributed by atoms with van der Waals surface area (Å²) in [7, 11) is 0. The fourth-order valence-electron chi connectivity index (χ4n) is 6.04. The van der Waals surface area contributed by atoms with Crippen LogP contribution in [-0.2, 0) is 9.59 Å². The maximum absolute atomic E-state index is 14.1. The number of unbranched alkanes of at least 4 members (excludes halogenated alkanes) is 1. The molecule has 2 fully saturated rings. The quantitative estimate of drug-likeness (QED) is 0.130. The van der Waals surface area contributed by atoms with Gasteiger partial charge in [-0.2, -0.15) is 0 Å². The number of nitrogens with zero attached hydrogens (tertiary/aromatic N) is 3. The van der Waals surface area contributed by atoms with E-state index in [0.717, 1.165) is 24.1 Å². The number of carbonyl (C=O) groups excluding carboxylic acids is 3. The van der Waals surface area contributed by atoms with Crippen LogP contribution in [0.1, 0.15) is 35.7 Å². The lowest BCUT2D eigenvalue weighted by Crippen LogP contribution is -2.48.